The van der Waals surface area contributed by atoms with Crippen LogP contribution >= 0.6 is 0 Å². The Morgan fingerprint density at radius 1 is 1.11 bits per heavy atom. The third kappa shape index (κ3) is 4.13. The number of nitrogens with one attached hydrogen (secondary N) is 1. The third-order valence-electron chi connectivity index (χ3n) is 2.57. The molecule has 19 heavy (non-hydrogen) atoms. The second kappa shape index (κ2) is 6.58. The van der Waals surface area contributed by atoms with Crippen molar-refractivity contribution in [2.24, 2.45) is 0 Å². The highest BCUT2D eigenvalue weighted by atomic mass is 19.1. The maximum Gasteiger partial charge on any atom is 0.123 e. The first kappa shape index (κ1) is 13.1. The summed E-state index contributed by atoms with van der Waals surface area (Å²) < 4.78 is 12.7. The maximum atomic E-state index is 12.7. The molecule has 0 aliphatic rings. The largest absolute Gasteiger partial charge is 0.392 e. The summed E-state index contributed by atoms with van der Waals surface area (Å²) in [7, 11) is 0. The van der Waals surface area contributed by atoms with Crippen molar-refractivity contribution in [3.8, 4) is 11.8 Å². The van der Waals surface area contributed by atoms with Gasteiger partial charge in [-0.3, -0.25) is 0 Å². The maximum absolute atomic E-state index is 12.7. The Bertz CT molecular complexity index is 596. The molecule has 0 aliphatic heterocycles. The van der Waals surface area contributed by atoms with Gasteiger partial charge < -0.3 is 10.4 Å². The Morgan fingerprint density at radius 2 is 1.89 bits per heavy atom. The molecule has 0 aromatic heterocycles. The Kier molecular flexibility index (Phi) is 4.54. The Morgan fingerprint density at radius 3 is 2.63 bits per heavy atom. The number of aliphatic hydroxyl groups is 1. The zero-order valence-corrected chi connectivity index (χ0v) is 10.4. The monoisotopic (exact) mass is 255 g/mol. The summed E-state index contributed by atoms with van der Waals surface area (Å²) in [5, 5.41) is 12.2. The highest BCUT2D eigenvalue weighted by Crippen LogP contribution is 2.09. The Balaban J connectivity index is 1.91. The van der Waals surface area contributed by atoms with Gasteiger partial charge in [0, 0.05) is 11.3 Å². The van der Waals surface area contributed by atoms with Gasteiger partial charge in [-0.25, -0.2) is 4.39 Å². The van der Waals surface area contributed by atoms with Crippen molar-refractivity contribution in [3.63, 3.8) is 0 Å². The molecule has 0 fully saturated rings. The molecule has 2 aromatic carbocycles. The lowest BCUT2D eigenvalue weighted by Crippen LogP contribution is -1.99. The number of hydrogen-bond acceptors (Lipinski definition) is 2. The normalized spacial score (nSPS) is 9.58. The fraction of sp³-hybridized carbons (Fsp3) is 0.125. The van der Waals surface area contributed by atoms with Crippen LogP contribution < -0.4 is 5.32 Å². The van der Waals surface area contributed by atoms with E-state index in [1.54, 1.807) is 12.1 Å². The molecule has 2 aromatic rings. The summed E-state index contributed by atoms with van der Waals surface area (Å²) >= 11 is 0. The van der Waals surface area contributed by atoms with Crippen molar-refractivity contribution in [1.82, 2.24) is 0 Å². The Hall–Kier alpha value is -2.31. The summed E-state index contributed by atoms with van der Waals surface area (Å²) in [6.07, 6.45) is 0. The van der Waals surface area contributed by atoms with E-state index in [1.807, 2.05) is 24.3 Å². The van der Waals surface area contributed by atoms with Gasteiger partial charge in [-0.15, -0.1) is 0 Å². The second-order valence-corrected chi connectivity index (χ2v) is 4.02. The molecular weight excluding hydrogens is 241 g/mol. The van der Waals surface area contributed by atoms with Gasteiger partial charge in [0.25, 0.3) is 0 Å². The number of anilines is 1. The van der Waals surface area contributed by atoms with Crippen LogP contribution in [-0.4, -0.2) is 11.7 Å². The van der Waals surface area contributed by atoms with Gasteiger partial charge >= 0.3 is 0 Å². The number of rotatable bonds is 3. The number of halogens is 1. The van der Waals surface area contributed by atoms with Crippen LogP contribution in [-0.2, 0) is 6.61 Å². The lowest BCUT2D eigenvalue weighted by Gasteiger charge is -2.03. The molecule has 2 N–H and O–H groups in total. The van der Waals surface area contributed by atoms with E-state index in [0.717, 1.165) is 16.8 Å². The molecule has 3 heteroatoms. The minimum Gasteiger partial charge on any atom is -0.392 e. The molecule has 0 aliphatic carbocycles. The zero-order valence-electron chi connectivity index (χ0n) is 10.4. The summed E-state index contributed by atoms with van der Waals surface area (Å²) in [6, 6.07) is 13.6. The van der Waals surface area contributed by atoms with E-state index in [0.29, 0.717) is 6.54 Å². The molecular formula is C16H14FNO. The molecule has 96 valence electrons. The molecule has 0 saturated heterocycles. The molecule has 2 nitrogen and oxygen atoms in total. The quantitative estimate of drug-likeness (QED) is 0.827. The fourth-order valence-electron chi connectivity index (χ4n) is 1.61. The molecule has 0 amide bonds. The second-order valence-electron chi connectivity index (χ2n) is 4.02. The molecule has 0 radical (unpaired) electrons. The van der Waals surface area contributed by atoms with Gasteiger partial charge in [-0.2, -0.15) is 0 Å². The molecule has 0 atom stereocenters. The zero-order chi connectivity index (χ0) is 13.5. The van der Waals surface area contributed by atoms with E-state index >= 15 is 0 Å². The minimum absolute atomic E-state index is 0.0246. The van der Waals surface area contributed by atoms with Gasteiger partial charge in [0.1, 0.15) is 5.82 Å². The molecule has 0 heterocycles. The first-order valence-electron chi connectivity index (χ1n) is 5.96. The summed E-state index contributed by atoms with van der Waals surface area (Å²) in [6.45, 7) is 0.517. The molecule has 0 spiro atoms. The molecule has 0 unspecified atom stereocenters. The van der Waals surface area contributed by atoms with Gasteiger partial charge in [0.05, 0.1) is 13.2 Å². The van der Waals surface area contributed by atoms with Gasteiger partial charge in [-0.05, 0) is 42.0 Å². The first-order valence-corrected chi connectivity index (χ1v) is 5.96. The van der Waals surface area contributed by atoms with Crippen LogP contribution in [0.1, 0.15) is 11.1 Å². The Labute approximate surface area is 111 Å². The predicted molar refractivity (Wildman–Crippen MR) is 74.1 cm³/mol. The first-order chi connectivity index (χ1) is 9.28. The SMILES string of the molecule is OCc1cccc(NCC#Cc2ccc(F)cc2)c1. The van der Waals surface area contributed by atoms with Crippen molar-refractivity contribution in [3.05, 3.63) is 65.5 Å². The van der Waals surface area contributed by atoms with Gasteiger partial charge in [0.15, 0.2) is 0 Å². The number of hydrogen-bond donors (Lipinski definition) is 2. The molecule has 0 bridgehead atoms. The van der Waals surface area contributed by atoms with Crippen molar-refractivity contribution < 1.29 is 9.50 Å². The van der Waals surface area contributed by atoms with E-state index in [9.17, 15) is 4.39 Å². The molecule has 0 saturated carbocycles. The van der Waals surface area contributed by atoms with Crippen molar-refractivity contribution in [2.45, 2.75) is 6.61 Å². The highest BCUT2D eigenvalue weighted by molar-refractivity contribution is 5.47. The van der Waals surface area contributed by atoms with Crippen LogP contribution in [0, 0.1) is 17.7 Å². The number of benzene rings is 2. The van der Waals surface area contributed by atoms with Crippen LogP contribution in [0.2, 0.25) is 0 Å². The third-order valence-corrected chi connectivity index (χ3v) is 2.57. The van der Waals surface area contributed by atoms with Crippen LogP contribution in [0.4, 0.5) is 10.1 Å². The fourth-order valence-corrected chi connectivity index (χ4v) is 1.61. The van der Waals surface area contributed by atoms with E-state index < -0.39 is 0 Å². The number of aliphatic hydroxyl groups excluding tert-OH is 1. The molecule has 2 rings (SSSR count). The summed E-state index contributed by atoms with van der Waals surface area (Å²) in [5.74, 6) is 5.64. The van der Waals surface area contributed by atoms with E-state index in [1.165, 1.54) is 12.1 Å². The smallest absolute Gasteiger partial charge is 0.123 e. The van der Waals surface area contributed by atoms with Crippen LogP contribution in [0.5, 0.6) is 0 Å². The van der Waals surface area contributed by atoms with Crippen LogP contribution in [0.15, 0.2) is 48.5 Å². The van der Waals surface area contributed by atoms with Gasteiger partial charge in [0.2, 0.25) is 0 Å². The highest BCUT2D eigenvalue weighted by Gasteiger charge is 1.92. The van der Waals surface area contributed by atoms with Crippen molar-refractivity contribution >= 4 is 5.69 Å². The van der Waals surface area contributed by atoms with Crippen LogP contribution in [0.25, 0.3) is 0 Å². The lowest BCUT2D eigenvalue weighted by atomic mass is 10.2. The summed E-state index contributed by atoms with van der Waals surface area (Å²) in [5.41, 5.74) is 2.56. The minimum atomic E-state index is -0.260. The lowest BCUT2D eigenvalue weighted by molar-refractivity contribution is 0.282. The van der Waals surface area contributed by atoms with Crippen LogP contribution in [0.3, 0.4) is 0 Å². The average Bonchev–Trinajstić information content (AvgIpc) is 2.46. The van der Waals surface area contributed by atoms with E-state index in [4.69, 9.17) is 5.11 Å². The predicted octanol–water partition coefficient (Wildman–Crippen LogP) is 2.78. The van der Waals surface area contributed by atoms with Gasteiger partial charge in [-0.1, -0.05) is 24.0 Å². The van der Waals surface area contributed by atoms with E-state index in [-0.39, 0.29) is 12.4 Å². The topological polar surface area (TPSA) is 32.3 Å². The van der Waals surface area contributed by atoms with E-state index in [2.05, 4.69) is 17.2 Å². The standard InChI is InChI=1S/C16H14FNO/c17-15-8-6-13(7-9-15)4-2-10-18-16-5-1-3-14(11-16)12-19/h1,3,5-9,11,18-19H,10,12H2. The van der Waals surface area contributed by atoms with Crippen molar-refractivity contribution in [1.29, 1.82) is 0 Å². The van der Waals surface area contributed by atoms with Crippen molar-refractivity contribution in [2.75, 3.05) is 11.9 Å². The average molecular weight is 255 g/mol. The summed E-state index contributed by atoms with van der Waals surface area (Å²) in [4.78, 5) is 0.